The summed E-state index contributed by atoms with van der Waals surface area (Å²) in [6.45, 7) is 0.488. The summed E-state index contributed by atoms with van der Waals surface area (Å²) in [7, 11) is 3.77. The van der Waals surface area contributed by atoms with Crippen molar-refractivity contribution in [1.29, 1.82) is 0 Å². The quantitative estimate of drug-likeness (QED) is 0.288. The number of nitrogens with zero attached hydrogens (tertiary/aromatic N) is 1. The fraction of sp³-hybridized carbons (Fsp3) is 0.524. The first kappa shape index (κ1) is 25.4. The van der Waals surface area contributed by atoms with Crippen LogP contribution in [-0.2, 0) is 16.0 Å². The van der Waals surface area contributed by atoms with Gasteiger partial charge in [0.15, 0.2) is 0 Å². The number of ether oxygens (including phenoxy) is 2. The number of carbonyl (C=O) groups excluding carboxylic acids is 1. The summed E-state index contributed by atoms with van der Waals surface area (Å²) >= 11 is 6.32. The monoisotopic (exact) mass is 486 g/mol. The van der Waals surface area contributed by atoms with Crippen LogP contribution in [0.5, 0.6) is 5.75 Å². The molecule has 1 saturated heterocycles. The van der Waals surface area contributed by atoms with Crippen molar-refractivity contribution in [2.24, 2.45) is 0 Å². The van der Waals surface area contributed by atoms with Crippen molar-refractivity contribution in [1.82, 2.24) is 10.2 Å². The zero-order valence-corrected chi connectivity index (χ0v) is 18.9. The molecule has 3 rings (SSSR count). The van der Waals surface area contributed by atoms with E-state index in [0.29, 0.717) is 24.0 Å². The molecule has 0 spiro atoms. The van der Waals surface area contributed by atoms with Crippen molar-refractivity contribution in [3.05, 3.63) is 39.2 Å². The van der Waals surface area contributed by atoms with Gasteiger partial charge in [0.2, 0.25) is 12.2 Å². The number of rotatable bonds is 8. The maximum Gasteiger partial charge on any atom is 0.336 e. The Kier molecular flexibility index (Phi) is 8.29. The van der Waals surface area contributed by atoms with Crippen molar-refractivity contribution in [3.63, 3.8) is 0 Å². The van der Waals surface area contributed by atoms with E-state index >= 15 is 0 Å². The Bertz CT molecular complexity index is 1040. The highest BCUT2D eigenvalue weighted by atomic mass is 35.5. The third kappa shape index (κ3) is 6.01. The van der Waals surface area contributed by atoms with Gasteiger partial charge in [-0.05, 0) is 25.7 Å². The molecule has 182 valence electrons. The highest BCUT2D eigenvalue weighted by Crippen LogP contribution is 2.34. The van der Waals surface area contributed by atoms with Gasteiger partial charge >= 0.3 is 5.63 Å². The van der Waals surface area contributed by atoms with E-state index < -0.39 is 42.9 Å². The smallest absolute Gasteiger partial charge is 0.336 e. The van der Waals surface area contributed by atoms with Gasteiger partial charge in [0, 0.05) is 30.6 Å². The Morgan fingerprint density at radius 2 is 1.91 bits per heavy atom. The Hall–Kier alpha value is -2.25. The first-order chi connectivity index (χ1) is 15.6. The van der Waals surface area contributed by atoms with Crippen LogP contribution in [0.3, 0.4) is 0 Å². The van der Waals surface area contributed by atoms with Crippen LogP contribution in [-0.4, -0.2) is 95.7 Å². The minimum atomic E-state index is -1.64. The molecule has 5 N–H and O–H groups in total. The standard InChI is InChI=1S/C21H27ClN2O9/c1-24(2)4-3-23-16(26)5-10-6-17(27)31-13-8-14(12(22)7-11(10)13)32-21-20(30)19(29)18(28)15(9-25)33-21/h6-8,15,18-21,25,28-30H,3-5,9H2,1-2H3,(H,23,26). The molecule has 0 saturated carbocycles. The third-order valence-electron chi connectivity index (χ3n) is 5.21. The summed E-state index contributed by atoms with van der Waals surface area (Å²) in [6.07, 6.45) is -7.51. The topological polar surface area (TPSA) is 162 Å². The van der Waals surface area contributed by atoms with Gasteiger partial charge in [-0.2, -0.15) is 0 Å². The van der Waals surface area contributed by atoms with Crippen LogP contribution in [0.2, 0.25) is 5.02 Å². The predicted molar refractivity (Wildman–Crippen MR) is 117 cm³/mol. The fourth-order valence-electron chi connectivity index (χ4n) is 3.41. The van der Waals surface area contributed by atoms with E-state index in [1.165, 1.54) is 18.2 Å². The average Bonchev–Trinajstić information content (AvgIpc) is 2.74. The van der Waals surface area contributed by atoms with E-state index in [0.717, 1.165) is 0 Å². The number of hydrogen-bond donors (Lipinski definition) is 5. The molecule has 2 heterocycles. The van der Waals surface area contributed by atoms with E-state index in [2.05, 4.69) is 5.32 Å². The molecule has 2 aromatic rings. The Labute approximate surface area is 194 Å². The fourth-order valence-corrected chi connectivity index (χ4v) is 3.62. The van der Waals surface area contributed by atoms with Crippen molar-refractivity contribution in [3.8, 4) is 5.75 Å². The molecule has 1 aliphatic rings. The second-order valence-corrected chi connectivity index (χ2v) is 8.42. The van der Waals surface area contributed by atoms with E-state index in [-0.39, 0.29) is 28.7 Å². The zero-order valence-electron chi connectivity index (χ0n) is 18.1. The summed E-state index contributed by atoms with van der Waals surface area (Å²) in [5.41, 5.74) is -0.188. The Balaban J connectivity index is 1.84. The second kappa shape index (κ2) is 10.8. The first-order valence-corrected chi connectivity index (χ1v) is 10.6. The number of nitrogens with one attached hydrogen (secondary N) is 1. The molecule has 33 heavy (non-hydrogen) atoms. The number of benzene rings is 1. The van der Waals surface area contributed by atoms with Crippen molar-refractivity contribution < 1.29 is 39.1 Å². The van der Waals surface area contributed by atoms with Gasteiger partial charge in [-0.25, -0.2) is 4.79 Å². The van der Waals surface area contributed by atoms with Crippen LogP contribution in [0.15, 0.2) is 27.4 Å². The van der Waals surface area contributed by atoms with Gasteiger partial charge in [-0.3, -0.25) is 4.79 Å². The van der Waals surface area contributed by atoms with Gasteiger partial charge in [-0.15, -0.1) is 0 Å². The summed E-state index contributed by atoms with van der Waals surface area (Å²) in [5.74, 6) is -0.314. The summed E-state index contributed by atoms with van der Waals surface area (Å²) < 4.78 is 16.1. The van der Waals surface area contributed by atoms with Crippen LogP contribution < -0.4 is 15.7 Å². The molecule has 0 aliphatic carbocycles. The number of hydrogen-bond acceptors (Lipinski definition) is 10. The third-order valence-corrected chi connectivity index (χ3v) is 5.50. The number of aliphatic hydroxyl groups is 4. The molecule has 5 unspecified atom stereocenters. The zero-order chi connectivity index (χ0) is 24.3. The van der Waals surface area contributed by atoms with Gasteiger partial charge in [0.25, 0.3) is 0 Å². The number of carbonyl (C=O) groups is 1. The molecule has 1 aromatic heterocycles. The first-order valence-electron chi connectivity index (χ1n) is 10.3. The molecule has 12 heteroatoms. The molecule has 5 atom stereocenters. The summed E-state index contributed by atoms with van der Waals surface area (Å²) in [6, 6.07) is 3.96. The van der Waals surface area contributed by atoms with Crippen LogP contribution in [0.25, 0.3) is 11.0 Å². The average molecular weight is 487 g/mol. The molecule has 0 radical (unpaired) electrons. The minimum absolute atomic E-state index is 0.0377. The van der Waals surface area contributed by atoms with Gasteiger partial charge in [-0.1, -0.05) is 11.6 Å². The molecule has 0 bridgehead atoms. The van der Waals surface area contributed by atoms with Crippen LogP contribution in [0.1, 0.15) is 5.56 Å². The van der Waals surface area contributed by atoms with E-state index in [1.54, 1.807) is 0 Å². The second-order valence-electron chi connectivity index (χ2n) is 8.01. The van der Waals surface area contributed by atoms with Crippen molar-refractivity contribution in [2.75, 3.05) is 33.8 Å². The highest BCUT2D eigenvalue weighted by molar-refractivity contribution is 6.32. The molecule has 11 nitrogen and oxygen atoms in total. The Morgan fingerprint density at radius 1 is 1.18 bits per heavy atom. The van der Waals surface area contributed by atoms with E-state index in [9.17, 15) is 30.0 Å². The highest BCUT2D eigenvalue weighted by Gasteiger charge is 2.44. The van der Waals surface area contributed by atoms with Gasteiger partial charge < -0.3 is 44.5 Å². The number of likely N-dealkylation sites (N-methyl/N-ethyl adjacent to an activating group) is 1. The molecule has 1 fully saturated rings. The Morgan fingerprint density at radius 3 is 2.58 bits per heavy atom. The number of amides is 1. The van der Waals surface area contributed by atoms with E-state index in [1.807, 2.05) is 19.0 Å². The summed E-state index contributed by atoms with van der Waals surface area (Å²) in [5, 5.41) is 42.6. The summed E-state index contributed by atoms with van der Waals surface area (Å²) in [4.78, 5) is 26.3. The SMILES string of the molecule is CN(C)CCNC(=O)Cc1cc(=O)oc2cc(OC3OC(CO)C(O)C(O)C3O)c(Cl)cc12. The number of fused-ring (bicyclic) bond motifs is 1. The van der Waals surface area contributed by atoms with Crippen molar-refractivity contribution in [2.45, 2.75) is 37.1 Å². The number of aliphatic hydroxyl groups excluding tert-OH is 4. The molecular formula is C21H27ClN2O9. The lowest BCUT2D eigenvalue weighted by Crippen LogP contribution is -2.60. The van der Waals surface area contributed by atoms with Crippen LogP contribution in [0.4, 0.5) is 0 Å². The minimum Gasteiger partial charge on any atom is -0.460 e. The molecular weight excluding hydrogens is 460 g/mol. The predicted octanol–water partition coefficient (Wildman–Crippen LogP) is -1.15. The van der Waals surface area contributed by atoms with Crippen LogP contribution >= 0.6 is 11.6 Å². The maximum absolute atomic E-state index is 12.3. The van der Waals surface area contributed by atoms with E-state index in [4.69, 9.17) is 25.5 Å². The number of halogens is 1. The molecule has 1 aliphatic heterocycles. The van der Waals surface area contributed by atoms with Gasteiger partial charge in [0.1, 0.15) is 35.7 Å². The van der Waals surface area contributed by atoms with Gasteiger partial charge in [0.05, 0.1) is 18.1 Å². The maximum atomic E-state index is 12.3. The lowest BCUT2D eigenvalue weighted by atomic mass is 9.99. The largest absolute Gasteiger partial charge is 0.460 e. The van der Waals surface area contributed by atoms with Crippen LogP contribution in [0, 0.1) is 0 Å². The lowest BCUT2D eigenvalue weighted by Gasteiger charge is -2.39. The molecule has 1 aromatic carbocycles. The molecule has 1 amide bonds. The normalized spacial score (nSPS) is 25.4. The van der Waals surface area contributed by atoms with Crippen molar-refractivity contribution >= 4 is 28.5 Å². The lowest BCUT2D eigenvalue weighted by molar-refractivity contribution is -0.277.